The summed E-state index contributed by atoms with van der Waals surface area (Å²) in [4.78, 5) is 0.164. The molecule has 0 saturated heterocycles. The minimum atomic E-state index is -3.25. The van der Waals surface area contributed by atoms with Crippen LogP contribution in [-0.4, -0.2) is 21.2 Å². The van der Waals surface area contributed by atoms with Gasteiger partial charge in [0.2, 0.25) is 0 Å². The van der Waals surface area contributed by atoms with Crippen molar-refractivity contribution in [3.63, 3.8) is 0 Å². The van der Waals surface area contributed by atoms with Crippen LogP contribution in [-0.2, 0) is 9.84 Å². The zero-order chi connectivity index (χ0) is 10.8. The lowest BCUT2D eigenvalue weighted by atomic mass is 10.3. The quantitative estimate of drug-likeness (QED) is 0.871. The van der Waals surface area contributed by atoms with Crippen LogP contribution in [0.3, 0.4) is 0 Å². The molecule has 1 N–H and O–H groups in total. The lowest BCUT2D eigenvalue weighted by Crippen LogP contribution is -2.01. The molecule has 0 unspecified atom stereocenters. The summed E-state index contributed by atoms with van der Waals surface area (Å²) in [6, 6.07) is 4.87. The Morgan fingerprint density at radius 2 is 2.07 bits per heavy atom. The molecule has 78 valence electrons. The molecule has 3 nitrogen and oxygen atoms in total. The van der Waals surface area contributed by atoms with Gasteiger partial charge in [-0.15, -0.1) is 0 Å². The topological polar surface area (TPSA) is 46.2 Å². The molecular weight excluding hydrogens is 222 g/mol. The first-order chi connectivity index (χ1) is 6.45. The van der Waals surface area contributed by atoms with Gasteiger partial charge in [-0.3, -0.25) is 0 Å². The van der Waals surface area contributed by atoms with Crippen LogP contribution in [0, 0.1) is 0 Å². The Balaban J connectivity index is 3.22. The summed E-state index contributed by atoms with van der Waals surface area (Å²) >= 11 is 5.77. The van der Waals surface area contributed by atoms with Crippen molar-refractivity contribution in [3.8, 4) is 0 Å². The fraction of sp³-hybridized carbons (Fsp3) is 0.333. The van der Waals surface area contributed by atoms with E-state index in [2.05, 4.69) is 5.32 Å². The second-order valence-corrected chi connectivity index (χ2v) is 5.34. The van der Waals surface area contributed by atoms with Crippen LogP contribution in [0.4, 0.5) is 5.69 Å². The van der Waals surface area contributed by atoms with Gasteiger partial charge in [-0.25, -0.2) is 8.42 Å². The van der Waals surface area contributed by atoms with Crippen molar-refractivity contribution in [3.05, 3.63) is 23.2 Å². The van der Waals surface area contributed by atoms with Crippen molar-refractivity contribution in [2.45, 2.75) is 11.8 Å². The van der Waals surface area contributed by atoms with Crippen molar-refractivity contribution in [1.82, 2.24) is 0 Å². The van der Waals surface area contributed by atoms with Gasteiger partial charge in [0.1, 0.15) is 0 Å². The average Bonchev–Trinajstić information content (AvgIpc) is 2.07. The summed E-state index contributed by atoms with van der Waals surface area (Å²) < 4.78 is 22.6. The van der Waals surface area contributed by atoms with Gasteiger partial charge in [0.15, 0.2) is 9.84 Å². The highest BCUT2D eigenvalue weighted by Gasteiger charge is 2.12. The maximum Gasteiger partial charge on any atom is 0.177 e. The van der Waals surface area contributed by atoms with Crippen LogP contribution < -0.4 is 5.32 Å². The highest BCUT2D eigenvalue weighted by Crippen LogP contribution is 2.24. The van der Waals surface area contributed by atoms with Crippen molar-refractivity contribution in [2.75, 3.05) is 18.1 Å². The molecule has 0 aromatic heterocycles. The number of benzene rings is 1. The van der Waals surface area contributed by atoms with Gasteiger partial charge >= 0.3 is 0 Å². The van der Waals surface area contributed by atoms with Crippen molar-refractivity contribution < 1.29 is 8.42 Å². The molecule has 0 amide bonds. The number of sulfone groups is 1. The van der Waals surface area contributed by atoms with Gasteiger partial charge < -0.3 is 5.32 Å². The summed E-state index contributed by atoms with van der Waals surface area (Å²) in [6.45, 7) is 2.68. The van der Waals surface area contributed by atoms with E-state index in [1.807, 2.05) is 6.92 Å². The molecule has 1 aromatic carbocycles. The molecule has 0 heterocycles. The molecule has 5 heteroatoms. The van der Waals surface area contributed by atoms with Gasteiger partial charge in [-0.05, 0) is 25.1 Å². The van der Waals surface area contributed by atoms with E-state index in [9.17, 15) is 8.42 Å². The van der Waals surface area contributed by atoms with E-state index in [-0.39, 0.29) is 9.92 Å². The van der Waals surface area contributed by atoms with Gasteiger partial charge in [0.25, 0.3) is 0 Å². The van der Waals surface area contributed by atoms with E-state index in [1.54, 1.807) is 18.2 Å². The first-order valence-corrected chi connectivity index (χ1v) is 6.45. The smallest absolute Gasteiger partial charge is 0.177 e. The molecule has 0 spiro atoms. The highest BCUT2D eigenvalue weighted by atomic mass is 35.5. The SMILES string of the molecule is CCNc1ccc(Cl)c(S(C)(=O)=O)c1. The third-order valence-electron chi connectivity index (χ3n) is 1.71. The van der Waals surface area contributed by atoms with E-state index in [0.717, 1.165) is 18.5 Å². The molecule has 0 saturated carbocycles. The van der Waals surface area contributed by atoms with Gasteiger partial charge in [0, 0.05) is 18.5 Å². The monoisotopic (exact) mass is 233 g/mol. The molecule has 0 bridgehead atoms. The fourth-order valence-corrected chi connectivity index (χ4v) is 2.40. The van der Waals surface area contributed by atoms with Crippen LogP contribution in [0.2, 0.25) is 5.02 Å². The van der Waals surface area contributed by atoms with Crippen molar-refractivity contribution >= 4 is 27.1 Å². The van der Waals surface area contributed by atoms with Crippen molar-refractivity contribution in [1.29, 1.82) is 0 Å². The predicted octanol–water partition coefficient (Wildman–Crippen LogP) is 2.18. The number of anilines is 1. The van der Waals surface area contributed by atoms with Gasteiger partial charge in [-0.2, -0.15) is 0 Å². The molecule has 1 aromatic rings. The number of nitrogens with one attached hydrogen (secondary N) is 1. The molecule has 0 atom stereocenters. The number of halogens is 1. The standard InChI is InChI=1S/C9H12ClNO2S/c1-3-11-7-4-5-8(10)9(6-7)14(2,12)13/h4-6,11H,3H2,1-2H3. The molecule has 0 radical (unpaired) electrons. The largest absolute Gasteiger partial charge is 0.385 e. The van der Waals surface area contributed by atoms with Crippen LogP contribution >= 0.6 is 11.6 Å². The van der Waals surface area contributed by atoms with Crippen molar-refractivity contribution in [2.24, 2.45) is 0 Å². The summed E-state index contributed by atoms with van der Waals surface area (Å²) in [5.41, 5.74) is 0.761. The Kier molecular flexibility index (Phi) is 3.39. The summed E-state index contributed by atoms with van der Waals surface area (Å²) in [7, 11) is -3.25. The number of hydrogen-bond donors (Lipinski definition) is 1. The molecule has 0 aliphatic carbocycles. The summed E-state index contributed by atoms with van der Waals surface area (Å²) in [6.07, 6.45) is 1.14. The van der Waals surface area contributed by atoms with Gasteiger partial charge in [0.05, 0.1) is 9.92 Å². The van der Waals surface area contributed by atoms with Gasteiger partial charge in [-0.1, -0.05) is 11.6 Å². The van der Waals surface area contributed by atoms with E-state index in [4.69, 9.17) is 11.6 Å². The molecule has 14 heavy (non-hydrogen) atoms. The lowest BCUT2D eigenvalue weighted by molar-refractivity contribution is 0.602. The van der Waals surface area contributed by atoms with E-state index in [1.165, 1.54) is 0 Å². The first kappa shape index (κ1) is 11.3. The number of hydrogen-bond acceptors (Lipinski definition) is 3. The minimum absolute atomic E-state index is 0.164. The van der Waals surface area contributed by atoms with E-state index in [0.29, 0.717) is 0 Å². The van der Waals surface area contributed by atoms with Crippen LogP contribution in [0.1, 0.15) is 6.92 Å². The summed E-state index contributed by atoms with van der Waals surface area (Å²) in [5, 5.41) is 3.28. The van der Waals surface area contributed by atoms with Crippen LogP contribution in [0.25, 0.3) is 0 Å². The molecule has 1 rings (SSSR count). The van der Waals surface area contributed by atoms with Crippen LogP contribution in [0.5, 0.6) is 0 Å². The zero-order valence-electron chi connectivity index (χ0n) is 8.04. The third kappa shape index (κ3) is 2.62. The first-order valence-electron chi connectivity index (χ1n) is 4.18. The molecule has 0 aliphatic rings. The Morgan fingerprint density at radius 3 is 2.57 bits per heavy atom. The Hall–Kier alpha value is -0.740. The normalized spacial score (nSPS) is 11.4. The van der Waals surface area contributed by atoms with E-state index >= 15 is 0 Å². The Bertz CT molecular complexity index is 428. The lowest BCUT2D eigenvalue weighted by Gasteiger charge is -2.06. The minimum Gasteiger partial charge on any atom is -0.385 e. The Morgan fingerprint density at radius 1 is 1.43 bits per heavy atom. The number of rotatable bonds is 3. The maximum absolute atomic E-state index is 11.3. The molecular formula is C9H12ClNO2S. The second-order valence-electron chi connectivity index (χ2n) is 2.95. The molecule has 0 fully saturated rings. The van der Waals surface area contributed by atoms with E-state index < -0.39 is 9.84 Å². The Labute approximate surface area is 89.0 Å². The third-order valence-corrected chi connectivity index (χ3v) is 3.29. The molecule has 0 aliphatic heterocycles. The summed E-state index contributed by atoms with van der Waals surface area (Å²) in [5.74, 6) is 0. The fourth-order valence-electron chi connectivity index (χ4n) is 1.10. The zero-order valence-corrected chi connectivity index (χ0v) is 9.61. The second kappa shape index (κ2) is 4.19. The highest BCUT2D eigenvalue weighted by molar-refractivity contribution is 7.90. The predicted molar refractivity (Wildman–Crippen MR) is 58.7 cm³/mol. The maximum atomic E-state index is 11.3. The van der Waals surface area contributed by atoms with Crippen LogP contribution in [0.15, 0.2) is 23.1 Å². The average molecular weight is 234 g/mol.